The third-order valence-electron chi connectivity index (χ3n) is 2.40. The van der Waals surface area contributed by atoms with E-state index in [1.165, 1.54) is 0 Å². The van der Waals surface area contributed by atoms with Gasteiger partial charge < -0.3 is 15.3 Å². The van der Waals surface area contributed by atoms with E-state index < -0.39 is 0 Å². The molecule has 13 heavy (non-hydrogen) atoms. The molecule has 0 fully saturated rings. The van der Waals surface area contributed by atoms with Crippen LogP contribution in [0.25, 0.3) is 0 Å². The summed E-state index contributed by atoms with van der Waals surface area (Å²) in [5, 5.41) is 12.8. The first kappa shape index (κ1) is 12.9. The zero-order chi connectivity index (χ0) is 10.3. The van der Waals surface area contributed by atoms with E-state index in [-0.39, 0.29) is 12.1 Å². The molecular weight excluding hydrogens is 164 g/mol. The van der Waals surface area contributed by atoms with Gasteiger partial charge in [-0.05, 0) is 26.6 Å². The van der Waals surface area contributed by atoms with Gasteiger partial charge in [-0.3, -0.25) is 0 Å². The average molecular weight is 188 g/mol. The maximum absolute atomic E-state index is 9.49. The molecule has 0 aliphatic carbocycles. The van der Waals surface area contributed by atoms with Gasteiger partial charge in [-0.2, -0.15) is 0 Å². The van der Waals surface area contributed by atoms with E-state index in [0.29, 0.717) is 0 Å². The molecule has 2 N–H and O–H groups in total. The normalized spacial score (nSPS) is 16.2. The van der Waals surface area contributed by atoms with E-state index >= 15 is 0 Å². The van der Waals surface area contributed by atoms with Gasteiger partial charge in [0, 0.05) is 12.6 Å². The number of aliphatic hydroxyl groups is 1. The zero-order valence-corrected chi connectivity index (χ0v) is 9.38. The monoisotopic (exact) mass is 188 g/mol. The Labute approximate surface area is 82.1 Å². The lowest BCUT2D eigenvalue weighted by Gasteiger charge is -2.27. The van der Waals surface area contributed by atoms with E-state index in [4.69, 9.17) is 0 Å². The summed E-state index contributed by atoms with van der Waals surface area (Å²) in [5.41, 5.74) is 0. The lowest BCUT2D eigenvalue weighted by molar-refractivity contribution is 0.118. The van der Waals surface area contributed by atoms with Crippen LogP contribution in [0.3, 0.4) is 0 Å². The maximum atomic E-state index is 9.49. The molecule has 0 radical (unpaired) electrons. The lowest BCUT2D eigenvalue weighted by atomic mass is 10.1. The number of hydrogen-bond acceptors (Lipinski definition) is 3. The van der Waals surface area contributed by atoms with Crippen molar-refractivity contribution in [2.75, 3.05) is 26.2 Å². The van der Waals surface area contributed by atoms with Gasteiger partial charge >= 0.3 is 0 Å². The highest BCUT2D eigenvalue weighted by Gasteiger charge is 2.15. The Morgan fingerprint density at radius 2 is 1.77 bits per heavy atom. The Morgan fingerprint density at radius 3 is 2.08 bits per heavy atom. The van der Waals surface area contributed by atoms with Gasteiger partial charge in [0.15, 0.2) is 0 Å². The Kier molecular flexibility index (Phi) is 7.23. The van der Waals surface area contributed by atoms with Crippen molar-refractivity contribution in [1.82, 2.24) is 10.2 Å². The fourth-order valence-electron chi connectivity index (χ4n) is 1.41. The first-order valence-electron chi connectivity index (χ1n) is 5.29. The van der Waals surface area contributed by atoms with Crippen LogP contribution in [0.15, 0.2) is 0 Å². The number of aliphatic hydroxyl groups excluding tert-OH is 1. The van der Waals surface area contributed by atoms with Crippen molar-refractivity contribution in [3.63, 3.8) is 0 Å². The molecule has 0 bridgehead atoms. The van der Waals surface area contributed by atoms with E-state index in [1.807, 2.05) is 6.92 Å². The largest absolute Gasteiger partial charge is 0.392 e. The summed E-state index contributed by atoms with van der Waals surface area (Å²) in [4.78, 5) is 2.32. The number of rotatable bonds is 7. The first-order valence-corrected chi connectivity index (χ1v) is 5.29. The third kappa shape index (κ3) is 5.24. The second-order valence-electron chi connectivity index (χ2n) is 3.39. The molecule has 0 saturated carbocycles. The number of hydrogen-bond donors (Lipinski definition) is 2. The Morgan fingerprint density at radius 1 is 1.23 bits per heavy atom. The van der Waals surface area contributed by atoms with Crippen molar-refractivity contribution in [3.05, 3.63) is 0 Å². The number of nitrogens with one attached hydrogen (secondary N) is 1. The van der Waals surface area contributed by atoms with Gasteiger partial charge in [0.05, 0.1) is 6.10 Å². The van der Waals surface area contributed by atoms with Gasteiger partial charge in [0.2, 0.25) is 0 Å². The van der Waals surface area contributed by atoms with Gasteiger partial charge in [0.1, 0.15) is 0 Å². The first-order chi connectivity index (χ1) is 6.15. The van der Waals surface area contributed by atoms with Crippen LogP contribution >= 0.6 is 0 Å². The molecule has 0 amide bonds. The van der Waals surface area contributed by atoms with Crippen LogP contribution < -0.4 is 5.32 Å². The smallest absolute Gasteiger partial charge is 0.0677 e. The van der Waals surface area contributed by atoms with Crippen molar-refractivity contribution >= 4 is 0 Å². The van der Waals surface area contributed by atoms with Crippen LogP contribution in [0.4, 0.5) is 0 Å². The molecule has 2 unspecified atom stereocenters. The highest BCUT2D eigenvalue weighted by Crippen LogP contribution is 1.97. The van der Waals surface area contributed by atoms with Gasteiger partial charge in [-0.1, -0.05) is 20.8 Å². The van der Waals surface area contributed by atoms with E-state index in [1.54, 1.807) is 0 Å². The van der Waals surface area contributed by atoms with Crippen LogP contribution in [0.1, 0.15) is 27.7 Å². The number of likely N-dealkylation sites (N-methyl/N-ethyl adjacent to an activating group) is 2. The minimum atomic E-state index is -0.277. The maximum Gasteiger partial charge on any atom is 0.0677 e. The zero-order valence-electron chi connectivity index (χ0n) is 9.38. The Hall–Kier alpha value is -0.120. The van der Waals surface area contributed by atoms with Crippen LogP contribution in [-0.2, 0) is 0 Å². The van der Waals surface area contributed by atoms with Crippen molar-refractivity contribution in [3.8, 4) is 0 Å². The van der Waals surface area contributed by atoms with Crippen molar-refractivity contribution in [1.29, 1.82) is 0 Å². The Balaban J connectivity index is 3.91. The molecule has 80 valence electrons. The predicted molar refractivity (Wildman–Crippen MR) is 56.9 cm³/mol. The highest BCUT2D eigenvalue weighted by molar-refractivity contribution is 4.75. The van der Waals surface area contributed by atoms with Crippen LogP contribution in [0.5, 0.6) is 0 Å². The van der Waals surface area contributed by atoms with Crippen LogP contribution in [0.2, 0.25) is 0 Å². The summed E-state index contributed by atoms with van der Waals surface area (Å²) >= 11 is 0. The molecule has 0 saturated heterocycles. The van der Waals surface area contributed by atoms with Crippen molar-refractivity contribution < 1.29 is 5.11 Å². The standard InChI is InChI=1S/C10H24N2O/c1-5-11-10(9(4)13)8-12(6-2)7-3/h9-11,13H,5-8H2,1-4H3. The molecule has 3 heteroatoms. The SMILES string of the molecule is CCNC(CN(CC)CC)C(C)O. The van der Waals surface area contributed by atoms with Crippen molar-refractivity contribution in [2.24, 2.45) is 0 Å². The molecule has 0 aromatic rings. The lowest BCUT2D eigenvalue weighted by Crippen LogP contribution is -2.47. The summed E-state index contributed by atoms with van der Waals surface area (Å²) in [6, 6.07) is 0.199. The van der Waals surface area contributed by atoms with Crippen molar-refractivity contribution in [2.45, 2.75) is 39.8 Å². The molecule has 2 atom stereocenters. The molecule has 3 nitrogen and oxygen atoms in total. The summed E-state index contributed by atoms with van der Waals surface area (Å²) in [5.74, 6) is 0. The summed E-state index contributed by atoms with van der Waals surface area (Å²) in [6.07, 6.45) is -0.277. The molecule has 0 aliphatic heterocycles. The predicted octanol–water partition coefficient (Wildman–Crippen LogP) is 0.687. The number of nitrogens with zero attached hydrogens (tertiary/aromatic N) is 1. The third-order valence-corrected chi connectivity index (χ3v) is 2.40. The van der Waals surface area contributed by atoms with Gasteiger partial charge in [-0.25, -0.2) is 0 Å². The summed E-state index contributed by atoms with van der Waals surface area (Å²) < 4.78 is 0. The quantitative estimate of drug-likeness (QED) is 0.617. The topological polar surface area (TPSA) is 35.5 Å². The second-order valence-corrected chi connectivity index (χ2v) is 3.39. The molecule has 0 heterocycles. The average Bonchev–Trinajstić information content (AvgIpc) is 2.11. The van der Waals surface area contributed by atoms with E-state index in [9.17, 15) is 5.11 Å². The summed E-state index contributed by atoms with van der Waals surface area (Å²) in [7, 11) is 0. The molecular formula is C10H24N2O. The van der Waals surface area contributed by atoms with Crippen LogP contribution in [0, 0.1) is 0 Å². The molecule has 0 spiro atoms. The minimum Gasteiger partial charge on any atom is -0.392 e. The fourth-order valence-corrected chi connectivity index (χ4v) is 1.41. The molecule has 0 aliphatic rings. The minimum absolute atomic E-state index is 0.199. The Bertz CT molecular complexity index is 113. The van der Waals surface area contributed by atoms with E-state index in [2.05, 4.69) is 31.0 Å². The molecule has 0 aromatic heterocycles. The fraction of sp³-hybridized carbons (Fsp3) is 1.00. The molecule has 0 rings (SSSR count). The second kappa shape index (κ2) is 7.30. The van der Waals surface area contributed by atoms with Gasteiger partial charge in [-0.15, -0.1) is 0 Å². The highest BCUT2D eigenvalue weighted by atomic mass is 16.3. The van der Waals surface area contributed by atoms with Gasteiger partial charge in [0.25, 0.3) is 0 Å². The molecule has 0 aromatic carbocycles. The van der Waals surface area contributed by atoms with E-state index in [0.717, 1.165) is 26.2 Å². The van der Waals surface area contributed by atoms with Crippen LogP contribution in [-0.4, -0.2) is 48.3 Å². The summed E-state index contributed by atoms with van der Waals surface area (Å²) in [6.45, 7) is 12.1.